The minimum atomic E-state index is -4.06. The van der Waals surface area contributed by atoms with E-state index in [0.717, 1.165) is 30.6 Å². The third kappa shape index (κ3) is 4.23. The minimum Gasteiger partial charge on any atom is -0.312 e. The van der Waals surface area contributed by atoms with Gasteiger partial charge in [-0.25, -0.2) is 13.6 Å². The quantitative estimate of drug-likeness (QED) is 0.714. The van der Waals surface area contributed by atoms with E-state index in [1.807, 2.05) is 12.1 Å². The van der Waals surface area contributed by atoms with Crippen molar-refractivity contribution in [2.24, 2.45) is 11.1 Å². The first-order valence-corrected chi connectivity index (χ1v) is 12.2. The molecule has 29 heavy (non-hydrogen) atoms. The molecule has 0 spiro atoms. The van der Waals surface area contributed by atoms with Crippen molar-refractivity contribution in [1.29, 1.82) is 0 Å². The number of amides is 1. The van der Waals surface area contributed by atoms with Gasteiger partial charge in [0, 0.05) is 18.0 Å². The van der Waals surface area contributed by atoms with Crippen molar-refractivity contribution in [3.05, 3.63) is 54.5 Å². The number of hydrogen-bond acceptors (Lipinski definition) is 5. The summed E-state index contributed by atoms with van der Waals surface area (Å²) in [6.45, 7) is 1.98. The third-order valence-electron chi connectivity index (χ3n) is 5.20. The van der Waals surface area contributed by atoms with E-state index in [1.54, 1.807) is 17.0 Å². The summed E-state index contributed by atoms with van der Waals surface area (Å²) in [6, 6.07) is 7.19. The summed E-state index contributed by atoms with van der Waals surface area (Å²) in [5.41, 5.74) is 2.88. The highest BCUT2D eigenvalue weighted by atomic mass is 35.5. The van der Waals surface area contributed by atoms with Gasteiger partial charge in [0.1, 0.15) is 0 Å². The number of carbonyl (C=O) groups is 1. The van der Waals surface area contributed by atoms with Crippen molar-refractivity contribution in [2.75, 3.05) is 18.0 Å². The van der Waals surface area contributed by atoms with Crippen molar-refractivity contribution in [3.8, 4) is 0 Å². The molecule has 2 aromatic rings. The van der Waals surface area contributed by atoms with Crippen LogP contribution in [-0.2, 0) is 27.8 Å². The number of hydrogen-bond donors (Lipinski definition) is 2. The van der Waals surface area contributed by atoms with Crippen LogP contribution in [0, 0.1) is 5.92 Å². The molecular weight excluding hydrogens is 453 g/mol. The molecule has 2 aliphatic rings. The molecule has 1 aromatic carbocycles. The zero-order valence-corrected chi connectivity index (χ0v) is 18.5. The molecule has 0 saturated carbocycles. The molecule has 1 fully saturated rings. The van der Waals surface area contributed by atoms with Crippen LogP contribution < -0.4 is 15.4 Å². The molecule has 1 saturated heterocycles. The van der Waals surface area contributed by atoms with Crippen LogP contribution in [-0.4, -0.2) is 27.4 Å². The topological polar surface area (TPSA) is 92.5 Å². The number of thiophene rings is 1. The number of anilines is 1. The Kier molecular flexibility index (Phi) is 5.76. The van der Waals surface area contributed by atoms with Crippen LogP contribution >= 0.6 is 34.5 Å². The molecule has 0 bridgehead atoms. The predicted octanol–water partition coefficient (Wildman–Crippen LogP) is 3.38. The van der Waals surface area contributed by atoms with Gasteiger partial charge in [-0.2, -0.15) is 0 Å². The van der Waals surface area contributed by atoms with E-state index in [9.17, 15) is 13.2 Å². The van der Waals surface area contributed by atoms with Crippen LogP contribution in [0.25, 0.3) is 6.08 Å². The second kappa shape index (κ2) is 8.02. The fourth-order valence-electron chi connectivity index (χ4n) is 3.81. The van der Waals surface area contributed by atoms with E-state index in [2.05, 4.69) is 5.32 Å². The summed E-state index contributed by atoms with van der Waals surface area (Å²) in [5, 5.41) is 9.23. The zero-order valence-electron chi connectivity index (χ0n) is 15.3. The summed E-state index contributed by atoms with van der Waals surface area (Å²) < 4.78 is 25.0. The van der Waals surface area contributed by atoms with Gasteiger partial charge in [0.2, 0.25) is 15.9 Å². The molecule has 1 amide bonds. The SMILES string of the molecule is NS(=O)(=O)/C(=C/c1ccc(Cl)s1)C1CCN(c2cc3c(cc2Cl)CNCC3)C1=O. The highest BCUT2D eigenvalue weighted by Gasteiger charge is 2.39. The van der Waals surface area contributed by atoms with Gasteiger partial charge >= 0.3 is 0 Å². The van der Waals surface area contributed by atoms with Gasteiger partial charge in [0.15, 0.2) is 0 Å². The molecule has 0 aliphatic carbocycles. The first-order valence-electron chi connectivity index (χ1n) is 9.07. The average Bonchev–Trinajstić information content (AvgIpc) is 3.23. The summed E-state index contributed by atoms with van der Waals surface area (Å²) in [5.74, 6) is -1.16. The smallest absolute Gasteiger partial charge is 0.235 e. The van der Waals surface area contributed by atoms with Gasteiger partial charge in [0.05, 0.1) is 25.9 Å². The second-order valence-corrected chi connectivity index (χ2v) is 10.8. The highest BCUT2D eigenvalue weighted by Crippen LogP contribution is 2.38. The number of rotatable bonds is 4. The van der Waals surface area contributed by atoms with Crippen LogP contribution in [0.2, 0.25) is 9.36 Å². The van der Waals surface area contributed by atoms with Crippen molar-refractivity contribution >= 4 is 62.2 Å². The van der Waals surface area contributed by atoms with Crippen molar-refractivity contribution < 1.29 is 13.2 Å². The lowest BCUT2D eigenvalue weighted by atomic mass is 10.00. The van der Waals surface area contributed by atoms with E-state index in [-0.39, 0.29) is 10.8 Å². The standard InChI is InChI=1S/C19H19Cl2N3O3S2/c20-15-7-12-10-23-5-3-11(12)8-16(15)24-6-4-14(19(24)25)17(29(22,26)27)9-13-1-2-18(21)28-13/h1-2,7-9,14,23H,3-6,10H2,(H2,22,26,27)/b17-9+. The minimum absolute atomic E-state index is 0.0956. The zero-order chi connectivity index (χ0) is 20.8. The summed E-state index contributed by atoms with van der Waals surface area (Å²) in [6.07, 6.45) is 2.64. The molecule has 154 valence electrons. The molecule has 10 heteroatoms. The lowest BCUT2D eigenvalue weighted by Crippen LogP contribution is -2.31. The summed E-state index contributed by atoms with van der Waals surface area (Å²) >= 11 is 13.6. The maximum Gasteiger partial charge on any atom is 0.235 e. The van der Waals surface area contributed by atoms with Gasteiger partial charge in [-0.15, -0.1) is 11.3 Å². The number of carbonyl (C=O) groups excluding carboxylic acids is 1. The number of halogens is 2. The predicted molar refractivity (Wildman–Crippen MR) is 118 cm³/mol. The van der Waals surface area contributed by atoms with Crippen molar-refractivity contribution in [3.63, 3.8) is 0 Å². The van der Waals surface area contributed by atoms with E-state index in [1.165, 1.54) is 17.4 Å². The molecular formula is C19H19Cl2N3O3S2. The Morgan fingerprint density at radius 3 is 2.76 bits per heavy atom. The molecule has 6 nitrogen and oxygen atoms in total. The Hall–Kier alpha value is -1.42. The van der Waals surface area contributed by atoms with Crippen LogP contribution in [0.3, 0.4) is 0 Å². The Labute approximate surface area is 183 Å². The Bertz CT molecular complexity index is 1110. The highest BCUT2D eigenvalue weighted by molar-refractivity contribution is 7.93. The number of primary sulfonamides is 1. The van der Waals surface area contributed by atoms with Gasteiger partial charge in [-0.1, -0.05) is 23.2 Å². The Morgan fingerprint density at radius 2 is 2.07 bits per heavy atom. The molecule has 1 atom stereocenters. The van der Waals surface area contributed by atoms with E-state index < -0.39 is 15.9 Å². The van der Waals surface area contributed by atoms with Crippen LogP contribution in [0.15, 0.2) is 29.2 Å². The Morgan fingerprint density at radius 1 is 1.28 bits per heavy atom. The van der Waals surface area contributed by atoms with Crippen LogP contribution in [0.5, 0.6) is 0 Å². The number of nitrogens with zero attached hydrogens (tertiary/aromatic N) is 1. The molecule has 4 rings (SSSR count). The van der Waals surface area contributed by atoms with Gasteiger partial charge in [-0.05, 0) is 60.9 Å². The fraction of sp³-hybridized carbons (Fsp3) is 0.316. The number of nitrogens with one attached hydrogen (secondary N) is 1. The summed E-state index contributed by atoms with van der Waals surface area (Å²) in [4.78, 5) is 15.3. The average molecular weight is 472 g/mol. The molecule has 1 aromatic heterocycles. The van der Waals surface area contributed by atoms with Crippen LogP contribution in [0.1, 0.15) is 22.4 Å². The van der Waals surface area contributed by atoms with Gasteiger partial charge in [0.25, 0.3) is 0 Å². The first-order chi connectivity index (χ1) is 13.7. The molecule has 0 radical (unpaired) electrons. The maximum atomic E-state index is 13.2. The number of nitrogens with two attached hydrogens (primary N) is 1. The van der Waals surface area contributed by atoms with E-state index >= 15 is 0 Å². The lowest BCUT2D eigenvalue weighted by Gasteiger charge is -2.23. The molecule has 3 N–H and O–H groups in total. The fourth-order valence-corrected chi connectivity index (χ4v) is 6.09. The largest absolute Gasteiger partial charge is 0.312 e. The number of fused-ring (bicyclic) bond motifs is 1. The molecule has 2 aliphatic heterocycles. The van der Waals surface area contributed by atoms with Gasteiger partial charge in [-0.3, -0.25) is 4.79 Å². The van der Waals surface area contributed by atoms with Crippen molar-refractivity contribution in [2.45, 2.75) is 19.4 Å². The van der Waals surface area contributed by atoms with E-state index in [4.69, 9.17) is 28.3 Å². The number of sulfonamides is 1. The number of benzene rings is 1. The molecule has 1 unspecified atom stereocenters. The monoisotopic (exact) mass is 471 g/mol. The summed E-state index contributed by atoms with van der Waals surface area (Å²) in [7, 11) is -4.06. The molecule has 3 heterocycles. The third-order valence-corrected chi connectivity index (χ3v) is 7.74. The normalized spacial score (nSPS) is 20.2. The lowest BCUT2D eigenvalue weighted by molar-refractivity contribution is -0.119. The van der Waals surface area contributed by atoms with E-state index in [0.29, 0.717) is 32.9 Å². The second-order valence-electron chi connectivity index (χ2n) is 7.06. The van der Waals surface area contributed by atoms with Gasteiger partial charge < -0.3 is 10.2 Å². The Balaban J connectivity index is 1.68. The maximum absolute atomic E-state index is 13.2. The van der Waals surface area contributed by atoms with Crippen molar-refractivity contribution in [1.82, 2.24) is 5.32 Å². The first kappa shape index (κ1) is 20.8. The van der Waals surface area contributed by atoms with Crippen LogP contribution in [0.4, 0.5) is 5.69 Å².